The van der Waals surface area contributed by atoms with Crippen molar-refractivity contribution in [3.63, 3.8) is 0 Å². The summed E-state index contributed by atoms with van der Waals surface area (Å²) in [6.45, 7) is 9.75. The van der Waals surface area contributed by atoms with Crippen molar-refractivity contribution in [3.05, 3.63) is 17.6 Å². The Labute approximate surface area is 128 Å². The van der Waals surface area contributed by atoms with Crippen LogP contribution in [0.1, 0.15) is 51.2 Å². The quantitative estimate of drug-likeness (QED) is 0.872. The Hall–Kier alpha value is -1.20. The standard InChI is InChI=1S/C16H29N5/c1-16(2,3)11-21(5)10-12-9-14(17-4)20-15(19-12)13-7-6-8-18-13/h9,13,18H,6-8,10-11H2,1-5H3,(H,17,19,20)/t13-/m1/s1. The van der Waals surface area contributed by atoms with Crippen molar-refractivity contribution in [2.24, 2.45) is 5.41 Å². The first-order chi connectivity index (χ1) is 9.87. The van der Waals surface area contributed by atoms with Gasteiger partial charge in [0.1, 0.15) is 11.6 Å². The Bertz CT molecular complexity index is 460. The molecule has 2 rings (SSSR count). The number of rotatable bonds is 5. The molecule has 5 nitrogen and oxygen atoms in total. The van der Waals surface area contributed by atoms with Crippen LogP contribution < -0.4 is 10.6 Å². The molecule has 1 aliphatic heterocycles. The molecule has 1 atom stereocenters. The summed E-state index contributed by atoms with van der Waals surface area (Å²) in [5.74, 6) is 1.84. The molecule has 1 aliphatic rings. The molecule has 118 valence electrons. The monoisotopic (exact) mass is 291 g/mol. The largest absolute Gasteiger partial charge is 0.373 e. The van der Waals surface area contributed by atoms with E-state index >= 15 is 0 Å². The second-order valence-electron chi connectivity index (χ2n) is 7.23. The molecule has 1 fully saturated rings. The molecule has 0 saturated carbocycles. The van der Waals surface area contributed by atoms with Crippen molar-refractivity contribution in [3.8, 4) is 0 Å². The first kappa shape index (κ1) is 16.2. The third-order valence-corrected chi connectivity index (χ3v) is 3.60. The van der Waals surface area contributed by atoms with E-state index in [1.165, 1.54) is 6.42 Å². The summed E-state index contributed by atoms with van der Waals surface area (Å²) in [4.78, 5) is 11.7. The number of aromatic nitrogens is 2. The molecular weight excluding hydrogens is 262 g/mol. The van der Waals surface area contributed by atoms with Gasteiger partial charge in [-0.1, -0.05) is 20.8 Å². The Balaban J connectivity index is 2.12. The predicted molar refractivity (Wildman–Crippen MR) is 87.3 cm³/mol. The van der Waals surface area contributed by atoms with E-state index in [1.54, 1.807) is 0 Å². The summed E-state index contributed by atoms with van der Waals surface area (Å²) in [6, 6.07) is 2.36. The van der Waals surface area contributed by atoms with Gasteiger partial charge in [0.25, 0.3) is 0 Å². The Morgan fingerprint density at radius 1 is 1.38 bits per heavy atom. The van der Waals surface area contributed by atoms with Crippen molar-refractivity contribution in [1.29, 1.82) is 0 Å². The van der Waals surface area contributed by atoms with E-state index < -0.39 is 0 Å². The molecule has 2 N–H and O–H groups in total. The second kappa shape index (κ2) is 6.71. The fourth-order valence-corrected chi connectivity index (χ4v) is 2.93. The van der Waals surface area contributed by atoms with Gasteiger partial charge in [0.15, 0.2) is 0 Å². The summed E-state index contributed by atoms with van der Waals surface area (Å²) < 4.78 is 0. The molecule has 2 heterocycles. The molecule has 0 amide bonds. The number of hydrogen-bond acceptors (Lipinski definition) is 5. The van der Waals surface area contributed by atoms with E-state index in [4.69, 9.17) is 4.98 Å². The molecule has 1 saturated heterocycles. The maximum atomic E-state index is 4.78. The van der Waals surface area contributed by atoms with Gasteiger partial charge in [0.2, 0.25) is 0 Å². The van der Waals surface area contributed by atoms with Gasteiger partial charge in [-0.25, -0.2) is 9.97 Å². The lowest BCUT2D eigenvalue weighted by Gasteiger charge is -2.26. The SMILES string of the molecule is CNc1cc(CN(C)CC(C)(C)C)nc([C@H]2CCCN2)n1. The fraction of sp³-hybridized carbons (Fsp3) is 0.750. The summed E-state index contributed by atoms with van der Waals surface area (Å²) in [7, 11) is 4.07. The van der Waals surface area contributed by atoms with Crippen LogP contribution in [0.4, 0.5) is 5.82 Å². The molecule has 0 aromatic carbocycles. The molecule has 0 radical (unpaired) electrons. The van der Waals surface area contributed by atoms with Gasteiger partial charge in [-0.2, -0.15) is 0 Å². The van der Waals surface area contributed by atoms with Gasteiger partial charge in [0.05, 0.1) is 11.7 Å². The van der Waals surface area contributed by atoms with Crippen LogP contribution in [-0.2, 0) is 6.54 Å². The summed E-state index contributed by atoms with van der Waals surface area (Å²) >= 11 is 0. The highest BCUT2D eigenvalue weighted by atomic mass is 15.1. The van der Waals surface area contributed by atoms with E-state index in [9.17, 15) is 0 Å². The van der Waals surface area contributed by atoms with E-state index in [-0.39, 0.29) is 0 Å². The molecule has 5 heteroatoms. The molecule has 0 unspecified atom stereocenters. The minimum Gasteiger partial charge on any atom is -0.373 e. The van der Waals surface area contributed by atoms with Crippen LogP contribution in [0.2, 0.25) is 0 Å². The summed E-state index contributed by atoms with van der Waals surface area (Å²) in [5.41, 5.74) is 1.38. The third kappa shape index (κ3) is 4.93. The van der Waals surface area contributed by atoms with Crippen LogP contribution in [0.15, 0.2) is 6.07 Å². The molecule has 0 aliphatic carbocycles. The second-order valence-corrected chi connectivity index (χ2v) is 7.23. The zero-order chi connectivity index (χ0) is 15.5. The molecular formula is C16H29N5. The summed E-state index contributed by atoms with van der Waals surface area (Å²) in [6.07, 6.45) is 2.33. The van der Waals surface area contributed by atoms with Crippen molar-refractivity contribution in [2.75, 3.05) is 32.5 Å². The smallest absolute Gasteiger partial charge is 0.147 e. The van der Waals surface area contributed by atoms with Gasteiger partial charge in [-0.15, -0.1) is 0 Å². The molecule has 0 bridgehead atoms. The van der Waals surface area contributed by atoms with Crippen molar-refractivity contribution in [1.82, 2.24) is 20.2 Å². The lowest BCUT2D eigenvalue weighted by atomic mass is 9.96. The lowest BCUT2D eigenvalue weighted by molar-refractivity contribution is 0.218. The highest BCUT2D eigenvalue weighted by Gasteiger charge is 2.21. The number of anilines is 1. The Kier molecular flexibility index (Phi) is 5.17. The Morgan fingerprint density at radius 2 is 2.14 bits per heavy atom. The van der Waals surface area contributed by atoms with Crippen molar-refractivity contribution in [2.45, 2.75) is 46.2 Å². The van der Waals surface area contributed by atoms with Crippen molar-refractivity contribution >= 4 is 5.82 Å². The van der Waals surface area contributed by atoms with Crippen LogP contribution in [0.5, 0.6) is 0 Å². The molecule has 1 aromatic heterocycles. The average Bonchev–Trinajstić information content (AvgIpc) is 2.89. The highest BCUT2D eigenvalue weighted by Crippen LogP contribution is 2.22. The van der Waals surface area contributed by atoms with E-state index in [0.29, 0.717) is 11.5 Å². The minimum atomic E-state index is 0.295. The van der Waals surface area contributed by atoms with E-state index in [2.05, 4.69) is 54.4 Å². The maximum absolute atomic E-state index is 4.78. The minimum absolute atomic E-state index is 0.295. The number of nitrogens with zero attached hydrogens (tertiary/aromatic N) is 3. The third-order valence-electron chi connectivity index (χ3n) is 3.60. The maximum Gasteiger partial charge on any atom is 0.147 e. The van der Waals surface area contributed by atoms with E-state index in [1.807, 2.05) is 7.05 Å². The van der Waals surface area contributed by atoms with E-state index in [0.717, 1.165) is 43.4 Å². The predicted octanol–water partition coefficient (Wildman–Crippen LogP) is 2.42. The fourth-order valence-electron chi connectivity index (χ4n) is 2.93. The first-order valence-electron chi connectivity index (χ1n) is 7.85. The van der Waals surface area contributed by atoms with Crippen LogP contribution in [0.25, 0.3) is 0 Å². The molecule has 0 spiro atoms. The average molecular weight is 291 g/mol. The Morgan fingerprint density at radius 3 is 2.71 bits per heavy atom. The normalized spacial score (nSPS) is 19.2. The number of hydrogen-bond donors (Lipinski definition) is 2. The lowest BCUT2D eigenvalue weighted by Crippen LogP contribution is -2.29. The first-order valence-corrected chi connectivity index (χ1v) is 7.85. The van der Waals surface area contributed by atoms with Gasteiger partial charge in [0, 0.05) is 26.2 Å². The molecule has 1 aromatic rings. The van der Waals surface area contributed by atoms with Gasteiger partial charge >= 0.3 is 0 Å². The topological polar surface area (TPSA) is 53.1 Å². The van der Waals surface area contributed by atoms with Crippen LogP contribution in [-0.4, -0.2) is 42.1 Å². The van der Waals surface area contributed by atoms with Gasteiger partial charge in [-0.05, 0) is 31.8 Å². The van der Waals surface area contributed by atoms with Crippen LogP contribution in [0, 0.1) is 5.41 Å². The van der Waals surface area contributed by atoms with Gasteiger partial charge < -0.3 is 15.5 Å². The number of nitrogens with one attached hydrogen (secondary N) is 2. The highest BCUT2D eigenvalue weighted by molar-refractivity contribution is 5.35. The van der Waals surface area contributed by atoms with Crippen molar-refractivity contribution < 1.29 is 0 Å². The van der Waals surface area contributed by atoms with Gasteiger partial charge in [-0.3, -0.25) is 0 Å². The summed E-state index contributed by atoms with van der Waals surface area (Å²) in [5, 5.41) is 6.63. The zero-order valence-electron chi connectivity index (χ0n) is 14.0. The zero-order valence-corrected chi connectivity index (χ0v) is 14.0. The van der Waals surface area contributed by atoms with Crippen LogP contribution in [0.3, 0.4) is 0 Å². The molecule has 21 heavy (non-hydrogen) atoms. The van der Waals surface area contributed by atoms with Crippen LogP contribution >= 0.6 is 0 Å².